The summed E-state index contributed by atoms with van der Waals surface area (Å²) in [5, 5.41) is 2.39. The second-order valence-corrected chi connectivity index (χ2v) is 5.50. The Morgan fingerprint density at radius 3 is 2.50 bits per heavy atom. The Morgan fingerprint density at radius 1 is 0.950 bits per heavy atom. The van der Waals surface area contributed by atoms with E-state index in [2.05, 4.69) is 29.0 Å². The second kappa shape index (κ2) is 5.49. The molecular formula is C16H14Cl2N2. The number of halogens is 2. The van der Waals surface area contributed by atoms with Crippen LogP contribution < -0.4 is 5.73 Å². The summed E-state index contributed by atoms with van der Waals surface area (Å²) in [6.07, 6.45) is 2.06. The van der Waals surface area contributed by atoms with Gasteiger partial charge in [-0.15, -0.1) is 0 Å². The highest BCUT2D eigenvalue weighted by molar-refractivity contribution is 6.42. The van der Waals surface area contributed by atoms with Gasteiger partial charge in [0.05, 0.1) is 10.0 Å². The molecule has 1 aromatic heterocycles. The molecule has 0 saturated heterocycles. The first-order valence-corrected chi connectivity index (χ1v) is 7.16. The molecule has 0 aliphatic rings. The van der Waals surface area contributed by atoms with E-state index in [-0.39, 0.29) is 0 Å². The van der Waals surface area contributed by atoms with Crippen LogP contribution in [0.25, 0.3) is 10.9 Å². The molecule has 2 N–H and O–H groups in total. The van der Waals surface area contributed by atoms with Crippen molar-refractivity contribution in [2.24, 2.45) is 5.73 Å². The van der Waals surface area contributed by atoms with Crippen molar-refractivity contribution >= 4 is 34.1 Å². The maximum Gasteiger partial charge on any atom is 0.0642 e. The van der Waals surface area contributed by atoms with Gasteiger partial charge >= 0.3 is 0 Å². The predicted molar refractivity (Wildman–Crippen MR) is 85.4 cm³/mol. The fourth-order valence-electron chi connectivity index (χ4n) is 2.46. The second-order valence-electron chi connectivity index (χ2n) is 4.71. The van der Waals surface area contributed by atoms with E-state index in [1.54, 1.807) is 6.07 Å². The monoisotopic (exact) mass is 304 g/mol. The van der Waals surface area contributed by atoms with Crippen molar-refractivity contribution in [3.8, 4) is 0 Å². The van der Waals surface area contributed by atoms with Crippen LogP contribution in [-0.2, 0) is 13.1 Å². The number of rotatable bonds is 3. The Kier molecular flexibility index (Phi) is 3.70. The van der Waals surface area contributed by atoms with Crippen LogP contribution in [0.2, 0.25) is 10.0 Å². The first-order valence-electron chi connectivity index (χ1n) is 6.40. The van der Waals surface area contributed by atoms with Crippen LogP contribution in [0.1, 0.15) is 11.1 Å². The van der Waals surface area contributed by atoms with E-state index >= 15 is 0 Å². The molecular weight excluding hydrogens is 291 g/mol. The molecule has 3 aromatic rings. The minimum Gasteiger partial charge on any atom is -0.343 e. The smallest absolute Gasteiger partial charge is 0.0642 e. The predicted octanol–water partition coefficient (Wildman–Crippen LogP) is 4.46. The quantitative estimate of drug-likeness (QED) is 0.761. The lowest BCUT2D eigenvalue weighted by molar-refractivity contribution is 0.837. The van der Waals surface area contributed by atoms with Gasteiger partial charge in [0.15, 0.2) is 0 Å². The van der Waals surface area contributed by atoms with Gasteiger partial charge < -0.3 is 10.3 Å². The Morgan fingerprint density at radius 2 is 1.70 bits per heavy atom. The molecule has 0 unspecified atom stereocenters. The van der Waals surface area contributed by atoms with E-state index in [0.29, 0.717) is 23.1 Å². The highest BCUT2D eigenvalue weighted by Crippen LogP contribution is 2.28. The van der Waals surface area contributed by atoms with Crippen molar-refractivity contribution in [1.29, 1.82) is 0 Å². The lowest BCUT2D eigenvalue weighted by Crippen LogP contribution is -2.00. The zero-order chi connectivity index (χ0) is 14.1. The molecule has 0 bridgehead atoms. The number of benzene rings is 2. The number of fused-ring (bicyclic) bond motifs is 1. The van der Waals surface area contributed by atoms with E-state index < -0.39 is 0 Å². The van der Waals surface area contributed by atoms with Crippen molar-refractivity contribution in [3.63, 3.8) is 0 Å². The zero-order valence-electron chi connectivity index (χ0n) is 10.8. The molecule has 0 aliphatic carbocycles. The zero-order valence-corrected chi connectivity index (χ0v) is 12.3. The van der Waals surface area contributed by atoms with Gasteiger partial charge in [-0.3, -0.25) is 0 Å². The Balaban J connectivity index is 2.05. The fourth-order valence-corrected chi connectivity index (χ4v) is 2.84. The van der Waals surface area contributed by atoms with Crippen LogP contribution in [0, 0.1) is 0 Å². The van der Waals surface area contributed by atoms with Gasteiger partial charge in [0.2, 0.25) is 0 Å². The summed E-state index contributed by atoms with van der Waals surface area (Å²) in [5.74, 6) is 0. The van der Waals surface area contributed by atoms with E-state index in [9.17, 15) is 0 Å². The van der Waals surface area contributed by atoms with Gasteiger partial charge in [0.25, 0.3) is 0 Å². The van der Waals surface area contributed by atoms with E-state index in [1.807, 2.05) is 18.2 Å². The molecule has 0 atom stereocenters. The van der Waals surface area contributed by atoms with Crippen LogP contribution in [-0.4, -0.2) is 4.57 Å². The summed E-state index contributed by atoms with van der Waals surface area (Å²) < 4.78 is 2.16. The summed E-state index contributed by atoms with van der Waals surface area (Å²) in [6.45, 7) is 1.23. The number of hydrogen-bond donors (Lipinski definition) is 1. The lowest BCUT2D eigenvalue weighted by atomic mass is 10.1. The summed E-state index contributed by atoms with van der Waals surface area (Å²) in [7, 11) is 0. The van der Waals surface area contributed by atoms with Crippen molar-refractivity contribution in [3.05, 3.63) is 69.8 Å². The number of aromatic nitrogens is 1. The maximum absolute atomic E-state index is 6.25. The third-order valence-corrected chi connectivity index (χ3v) is 4.35. The number of nitrogens with zero attached hydrogens (tertiary/aromatic N) is 1. The van der Waals surface area contributed by atoms with Crippen molar-refractivity contribution < 1.29 is 0 Å². The Hall–Kier alpha value is -1.48. The average Bonchev–Trinajstić information content (AvgIpc) is 2.87. The minimum atomic E-state index is 0.541. The van der Waals surface area contributed by atoms with E-state index in [4.69, 9.17) is 28.9 Å². The van der Waals surface area contributed by atoms with Crippen molar-refractivity contribution in [2.75, 3.05) is 0 Å². The van der Waals surface area contributed by atoms with Gasteiger partial charge in [-0.05, 0) is 29.3 Å². The molecule has 0 spiro atoms. The first kappa shape index (κ1) is 13.5. The van der Waals surface area contributed by atoms with Gasteiger partial charge in [-0.25, -0.2) is 0 Å². The largest absolute Gasteiger partial charge is 0.343 e. The molecule has 0 fully saturated rings. The maximum atomic E-state index is 6.25. The first-order chi connectivity index (χ1) is 9.70. The molecule has 1 heterocycles. The van der Waals surface area contributed by atoms with Crippen molar-refractivity contribution in [2.45, 2.75) is 13.1 Å². The third kappa shape index (κ3) is 2.31. The highest BCUT2D eigenvalue weighted by atomic mass is 35.5. The number of nitrogens with two attached hydrogens (primary N) is 1. The van der Waals surface area contributed by atoms with E-state index in [0.717, 1.165) is 16.6 Å². The van der Waals surface area contributed by atoms with Crippen LogP contribution >= 0.6 is 23.2 Å². The van der Waals surface area contributed by atoms with Crippen LogP contribution in [0.5, 0.6) is 0 Å². The van der Waals surface area contributed by atoms with Crippen molar-refractivity contribution in [1.82, 2.24) is 4.57 Å². The van der Waals surface area contributed by atoms with Gasteiger partial charge in [-0.2, -0.15) is 0 Å². The number of hydrogen-bond acceptors (Lipinski definition) is 1. The van der Waals surface area contributed by atoms with Gasteiger partial charge in [-0.1, -0.05) is 47.5 Å². The molecule has 0 saturated carbocycles. The highest BCUT2D eigenvalue weighted by Gasteiger charge is 2.08. The Bertz CT molecular complexity index is 762. The molecule has 4 heteroatoms. The molecule has 0 amide bonds. The normalized spacial score (nSPS) is 11.2. The topological polar surface area (TPSA) is 30.9 Å². The third-order valence-electron chi connectivity index (χ3n) is 3.50. The van der Waals surface area contributed by atoms with Crippen LogP contribution in [0.15, 0.2) is 48.7 Å². The van der Waals surface area contributed by atoms with Crippen LogP contribution in [0.3, 0.4) is 0 Å². The summed E-state index contributed by atoms with van der Waals surface area (Å²) >= 11 is 12.3. The van der Waals surface area contributed by atoms with Gasteiger partial charge in [0.1, 0.15) is 0 Å². The summed E-state index contributed by atoms with van der Waals surface area (Å²) in [5.41, 5.74) is 9.09. The average molecular weight is 305 g/mol. The SMILES string of the molecule is NCc1cccc2c1ccn2Cc1cccc(Cl)c1Cl. The molecule has 3 rings (SSSR count). The van der Waals surface area contributed by atoms with Crippen LogP contribution in [0.4, 0.5) is 0 Å². The summed E-state index contributed by atoms with van der Waals surface area (Å²) in [6, 6.07) is 14.0. The summed E-state index contributed by atoms with van der Waals surface area (Å²) in [4.78, 5) is 0. The molecule has 102 valence electrons. The molecule has 2 nitrogen and oxygen atoms in total. The lowest BCUT2D eigenvalue weighted by Gasteiger charge is -2.09. The molecule has 20 heavy (non-hydrogen) atoms. The standard InChI is InChI=1S/C16H14Cl2N2/c17-14-5-1-4-12(16(14)18)10-20-8-7-13-11(9-19)3-2-6-15(13)20/h1-8H,9-10,19H2. The van der Waals surface area contributed by atoms with Gasteiger partial charge in [0, 0.05) is 30.2 Å². The molecule has 0 aliphatic heterocycles. The minimum absolute atomic E-state index is 0.541. The molecule has 0 radical (unpaired) electrons. The molecule has 2 aromatic carbocycles. The van der Waals surface area contributed by atoms with E-state index in [1.165, 1.54) is 5.39 Å². The fraction of sp³-hybridized carbons (Fsp3) is 0.125. The Labute approximate surface area is 127 Å².